The van der Waals surface area contributed by atoms with Crippen LogP contribution >= 0.6 is 11.6 Å². The van der Waals surface area contributed by atoms with Gasteiger partial charge < -0.3 is 4.74 Å². The van der Waals surface area contributed by atoms with Crippen LogP contribution in [0.2, 0.25) is 5.15 Å². The molecule has 3 aromatic heterocycles. The molecular weight excluding hydrogens is 306 g/mol. The Hall–Kier alpha value is -2.54. The van der Waals surface area contributed by atoms with E-state index in [9.17, 15) is 4.79 Å². The number of esters is 1. The predicted octanol–water partition coefficient (Wildman–Crippen LogP) is 2.15. The van der Waals surface area contributed by atoms with Gasteiger partial charge in [0.2, 0.25) is 0 Å². The summed E-state index contributed by atoms with van der Waals surface area (Å²) in [6.07, 6.45) is 1.54. The van der Waals surface area contributed by atoms with Gasteiger partial charge in [-0.05, 0) is 26.0 Å². The van der Waals surface area contributed by atoms with Crippen molar-refractivity contribution in [3.8, 4) is 0 Å². The molecule has 0 atom stereocenters. The van der Waals surface area contributed by atoms with Crippen molar-refractivity contribution in [2.24, 2.45) is 0 Å². The van der Waals surface area contributed by atoms with Crippen molar-refractivity contribution in [1.29, 1.82) is 0 Å². The second-order valence-corrected chi connectivity index (χ2v) is 5.14. The lowest BCUT2D eigenvalue weighted by molar-refractivity contribution is 0.0458. The maximum atomic E-state index is 12.0. The second kappa shape index (κ2) is 5.69. The Balaban J connectivity index is 1.77. The van der Waals surface area contributed by atoms with Crippen LogP contribution in [0.5, 0.6) is 0 Å². The molecule has 0 radical (unpaired) electrons. The third-order valence-corrected chi connectivity index (χ3v) is 3.18. The fourth-order valence-electron chi connectivity index (χ4n) is 1.96. The van der Waals surface area contributed by atoms with Crippen LogP contribution in [0, 0.1) is 13.8 Å². The smallest absolute Gasteiger partial charge is 0.378 e. The Morgan fingerprint density at radius 2 is 2.14 bits per heavy atom. The number of aryl methyl sites for hydroxylation is 2. The molecule has 3 heterocycles. The number of hydrogen-bond donors (Lipinski definition) is 0. The van der Waals surface area contributed by atoms with Crippen LogP contribution in [0.25, 0.3) is 5.78 Å². The summed E-state index contributed by atoms with van der Waals surface area (Å²) in [5.74, 6) is -0.266. The molecular formula is C14H12ClN5O2. The summed E-state index contributed by atoms with van der Waals surface area (Å²) in [5.41, 5.74) is 2.38. The number of ether oxygens (including phenoxy) is 1. The highest BCUT2D eigenvalue weighted by Gasteiger charge is 2.16. The lowest BCUT2D eigenvalue weighted by Crippen LogP contribution is -2.08. The van der Waals surface area contributed by atoms with E-state index in [1.165, 1.54) is 4.52 Å². The standard InChI is InChI=1S/C14H12ClN5O2/c1-8-5-9(2)20-14(17-8)18-12(19-20)13(21)22-7-10-3-4-11(15)16-6-10/h3-6H,7H2,1-2H3. The Labute approximate surface area is 130 Å². The van der Waals surface area contributed by atoms with Gasteiger partial charge in [-0.3, -0.25) is 0 Å². The van der Waals surface area contributed by atoms with Crippen molar-refractivity contribution < 1.29 is 9.53 Å². The molecule has 22 heavy (non-hydrogen) atoms. The largest absolute Gasteiger partial charge is 0.455 e. The quantitative estimate of drug-likeness (QED) is 0.544. The fourth-order valence-corrected chi connectivity index (χ4v) is 2.07. The molecule has 0 aromatic carbocycles. The molecule has 7 nitrogen and oxygen atoms in total. The van der Waals surface area contributed by atoms with E-state index in [2.05, 4.69) is 20.1 Å². The molecule has 0 amide bonds. The number of halogens is 1. The first-order valence-corrected chi connectivity index (χ1v) is 6.89. The maximum absolute atomic E-state index is 12.0. The van der Waals surface area contributed by atoms with Crippen molar-refractivity contribution in [3.05, 3.63) is 52.3 Å². The zero-order chi connectivity index (χ0) is 15.7. The zero-order valence-corrected chi connectivity index (χ0v) is 12.7. The van der Waals surface area contributed by atoms with Gasteiger partial charge in [0.05, 0.1) is 0 Å². The van der Waals surface area contributed by atoms with E-state index in [4.69, 9.17) is 16.3 Å². The van der Waals surface area contributed by atoms with Crippen molar-refractivity contribution in [3.63, 3.8) is 0 Å². The predicted molar refractivity (Wildman–Crippen MR) is 78.6 cm³/mol. The van der Waals surface area contributed by atoms with E-state index in [1.807, 2.05) is 19.9 Å². The Bertz CT molecular complexity index is 844. The van der Waals surface area contributed by atoms with Gasteiger partial charge in [-0.2, -0.15) is 4.98 Å². The first-order valence-electron chi connectivity index (χ1n) is 6.51. The van der Waals surface area contributed by atoms with Gasteiger partial charge in [-0.25, -0.2) is 19.3 Å². The van der Waals surface area contributed by atoms with Crippen LogP contribution in [0.1, 0.15) is 27.6 Å². The monoisotopic (exact) mass is 317 g/mol. The number of carbonyl (C=O) groups is 1. The van der Waals surface area contributed by atoms with Crippen LogP contribution < -0.4 is 0 Å². The molecule has 3 rings (SSSR count). The molecule has 0 aliphatic rings. The van der Waals surface area contributed by atoms with E-state index in [0.717, 1.165) is 17.0 Å². The number of pyridine rings is 1. The van der Waals surface area contributed by atoms with Gasteiger partial charge in [0.15, 0.2) is 0 Å². The van der Waals surface area contributed by atoms with E-state index >= 15 is 0 Å². The van der Waals surface area contributed by atoms with Crippen LogP contribution in [-0.4, -0.2) is 30.5 Å². The molecule has 0 aliphatic heterocycles. The number of rotatable bonds is 3. The SMILES string of the molecule is Cc1cc(C)n2nc(C(=O)OCc3ccc(Cl)nc3)nc2n1. The van der Waals surface area contributed by atoms with Gasteiger partial charge in [-0.1, -0.05) is 17.7 Å². The van der Waals surface area contributed by atoms with Crippen molar-refractivity contribution in [2.75, 3.05) is 0 Å². The summed E-state index contributed by atoms with van der Waals surface area (Å²) in [6, 6.07) is 5.22. The number of carbonyl (C=O) groups excluding carboxylic acids is 1. The molecule has 8 heteroatoms. The first-order chi connectivity index (χ1) is 10.5. The van der Waals surface area contributed by atoms with E-state index in [0.29, 0.717) is 10.9 Å². The highest BCUT2D eigenvalue weighted by molar-refractivity contribution is 6.29. The number of nitrogens with zero attached hydrogens (tertiary/aromatic N) is 5. The molecule has 0 aliphatic carbocycles. The average Bonchev–Trinajstić information content (AvgIpc) is 2.90. The molecule has 0 N–H and O–H groups in total. The summed E-state index contributed by atoms with van der Waals surface area (Å²) in [6.45, 7) is 3.79. The van der Waals surface area contributed by atoms with E-state index < -0.39 is 5.97 Å². The minimum absolute atomic E-state index is 0.0249. The molecule has 0 fully saturated rings. The maximum Gasteiger partial charge on any atom is 0.378 e. The van der Waals surface area contributed by atoms with Gasteiger partial charge in [-0.15, -0.1) is 5.10 Å². The molecule has 0 spiro atoms. The topological polar surface area (TPSA) is 82.3 Å². The van der Waals surface area contributed by atoms with Crippen LogP contribution in [0.15, 0.2) is 24.4 Å². The van der Waals surface area contributed by atoms with Crippen molar-refractivity contribution >= 4 is 23.3 Å². The van der Waals surface area contributed by atoms with Gasteiger partial charge >= 0.3 is 5.97 Å². The third-order valence-electron chi connectivity index (χ3n) is 2.96. The van der Waals surface area contributed by atoms with E-state index in [1.54, 1.807) is 18.3 Å². The van der Waals surface area contributed by atoms with Crippen LogP contribution in [-0.2, 0) is 11.3 Å². The van der Waals surface area contributed by atoms with Crippen LogP contribution in [0.3, 0.4) is 0 Å². The highest BCUT2D eigenvalue weighted by atomic mass is 35.5. The molecule has 0 unspecified atom stereocenters. The number of fused-ring (bicyclic) bond motifs is 1. The molecule has 0 saturated carbocycles. The van der Waals surface area contributed by atoms with Crippen molar-refractivity contribution in [1.82, 2.24) is 24.6 Å². The molecule has 3 aromatic rings. The summed E-state index contributed by atoms with van der Waals surface area (Å²) in [5, 5.41) is 4.49. The second-order valence-electron chi connectivity index (χ2n) is 4.75. The van der Waals surface area contributed by atoms with Gasteiger partial charge in [0.25, 0.3) is 11.6 Å². The summed E-state index contributed by atoms with van der Waals surface area (Å²) in [7, 11) is 0. The molecule has 0 saturated heterocycles. The summed E-state index contributed by atoms with van der Waals surface area (Å²) < 4.78 is 6.67. The number of aromatic nitrogens is 5. The van der Waals surface area contributed by atoms with Crippen molar-refractivity contribution in [2.45, 2.75) is 20.5 Å². The minimum Gasteiger partial charge on any atom is -0.455 e. The molecule has 0 bridgehead atoms. The first kappa shape index (κ1) is 14.4. The van der Waals surface area contributed by atoms with Gasteiger partial charge in [0, 0.05) is 23.1 Å². The summed E-state index contributed by atoms with van der Waals surface area (Å²) in [4.78, 5) is 24.2. The minimum atomic E-state index is -0.613. The lowest BCUT2D eigenvalue weighted by atomic mass is 10.3. The zero-order valence-electron chi connectivity index (χ0n) is 11.9. The summed E-state index contributed by atoms with van der Waals surface area (Å²) >= 11 is 5.69. The van der Waals surface area contributed by atoms with Crippen LogP contribution in [0.4, 0.5) is 0 Å². The number of hydrogen-bond acceptors (Lipinski definition) is 6. The highest BCUT2D eigenvalue weighted by Crippen LogP contribution is 2.09. The third kappa shape index (κ3) is 2.89. The average molecular weight is 318 g/mol. The van der Waals surface area contributed by atoms with E-state index in [-0.39, 0.29) is 12.4 Å². The van der Waals surface area contributed by atoms with Gasteiger partial charge in [0.1, 0.15) is 11.8 Å². The normalized spacial score (nSPS) is 10.9. The molecule has 112 valence electrons. The Morgan fingerprint density at radius 1 is 1.32 bits per heavy atom. The Morgan fingerprint density at radius 3 is 2.86 bits per heavy atom. The lowest BCUT2D eigenvalue weighted by Gasteiger charge is -2.01. The Kier molecular flexibility index (Phi) is 3.72. The fraction of sp³-hybridized carbons (Fsp3) is 0.214.